The average molecular weight is 558 g/mol. The number of hydrogen-bond acceptors (Lipinski definition) is 6. The first kappa shape index (κ1) is 27.5. The van der Waals surface area contributed by atoms with Crippen LogP contribution >= 0.6 is 23.2 Å². The lowest BCUT2D eigenvalue weighted by Gasteiger charge is -2.17. The van der Waals surface area contributed by atoms with Crippen LogP contribution in [0.3, 0.4) is 0 Å². The standard InChI is InChI=1S/C27H26Cl2FN5O3/c1-27(2,37)7-3-9-38-20-4-5-22(29)21(15-20)17-6-8-31-23(13-17)33-26(36)25-32-24(34-35-25)12-16-10-18(28)14-19(30)11-16/h4-6,8,10-11,13-15,37H,3,7,9,12H2,1-2H3,(H,31,33,36)(H,32,34,35). The molecule has 0 aliphatic carbocycles. The number of amides is 1. The largest absolute Gasteiger partial charge is 0.494 e. The molecule has 11 heteroatoms. The number of hydrogen-bond donors (Lipinski definition) is 3. The van der Waals surface area contributed by atoms with Gasteiger partial charge in [-0.05, 0) is 86.3 Å². The molecule has 2 heterocycles. The predicted octanol–water partition coefficient (Wildman–Crippen LogP) is 6.09. The van der Waals surface area contributed by atoms with Crippen molar-refractivity contribution in [1.82, 2.24) is 20.2 Å². The van der Waals surface area contributed by atoms with E-state index in [1.54, 1.807) is 50.4 Å². The molecule has 0 spiro atoms. The second kappa shape index (κ2) is 11.9. The number of aliphatic hydroxyl groups is 1. The van der Waals surface area contributed by atoms with Crippen LogP contribution in [0.25, 0.3) is 11.1 Å². The van der Waals surface area contributed by atoms with Crippen molar-refractivity contribution in [3.8, 4) is 16.9 Å². The summed E-state index contributed by atoms with van der Waals surface area (Å²) in [5.41, 5.74) is 1.28. The Morgan fingerprint density at radius 3 is 2.74 bits per heavy atom. The van der Waals surface area contributed by atoms with E-state index in [2.05, 4.69) is 25.5 Å². The van der Waals surface area contributed by atoms with Crippen molar-refractivity contribution in [2.45, 2.75) is 38.7 Å². The second-order valence-corrected chi connectivity index (χ2v) is 10.2. The number of ether oxygens (including phenoxy) is 1. The summed E-state index contributed by atoms with van der Waals surface area (Å²) in [6.07, 6.45) is 3.09. The zero-order valence-electron chi connectivity index (χ0n) is 20.8. The minimum absolute atomic E-state index is 0.0887. The van der Waals surface area contributed by atoms with Crippen LogP contribution in [0.15, 0.2) is 54.7 Å². The molecule has 0 saturated heterocycles. The fraction of sp³-hybridized carbons (Fsp3) is 0.259. The molecule has 0 atom stereocenters. The van der Waals surface area contributed by atoms with Crippen LogP contribution in [0.5, 0.6) is 5.75 Å². The Labute approximate surface area is 229 Å². The van der Waals surface area contributed by atoms with Crippen molar-refractivity contribution < 1.29 is 19.0 Å². The van der Waals surface area contributed by atoms with Gasteiger partial charge in [-0.1, -0.05) is 23.2 Å². The van der Waals surface area contributed by atoms with Crippen molar-refractivity contribution in [3.63, 3.8) is 0 Å². The van der Waals surface area contributed by atoms with E-state index in [0.717, 1.165) is 5.56 Å². The SMILES string of the molecule is CC(C)(O)CCCOc1ccc(Cl)c(-c2ccnc(NC(=O)c3n[nH]c(Cc4cc(F)cc(Cl)c4)n3)c2)c1. The lowest BCUT2D eigenvalue weighted by molar-refractivity contribution is 0.0641. The molecule has 2 aromatic heterocycles. The third-order valence-corrected chi connectivity index (χ3v) is 6.03. The van der Waals surface area contributed by atoms with Gasteiger partial charge in [-0.15, -0.1) is 5.10 Å². The van der Waals surface area contributed by atoms with Gasteiger partial charge in [0.15, 0.2) is 0 Å². The van der Waals surface area contributed by atoms with E-state index < -0.39 is 17.3 Å². The summed E-state index contributed by atoms with van der Waals surface area (Å²) in [6, 6.07) is 12.9. The van der Waals surface area contributed by atoms with Crippen LogP contribution in [0.2, 0.25) is 10.0 Å². The fourth-order valence-corrected chi connectivity index (χ4v) is 4.20. The van der Waals surface area contributed by atoms with Crippen molar-refractivity contribution >= 4 is 34.9 Å². The summed E-state index contributed by atoms with van der Waals surface area (Å²) in [4.78, 5) is 21.1. The Balaban J connectivity index is 1.42. The first-order chi connectivity index (χ1) is 18.1. The molecular weight excluding hydrogens is 532 g/mol. The smallest absolute Gasteiger partial charge is 0.296 e. The molecule has 38 heavy (non-hydrogen) atoms. The molecule has 0 aliphatic heterocycles. The minimum Gasteiger partial charge on any atom is -0.494 e. The number of rotatable bonds is 10. The van der Waals surface area contributed by atoms with Gasteiger partial charge in [-0.3, -0.25) is 9.89 Å². The van der Waals surface area contributed by atoms with Crippen molar-refractivity contribution in [2.75, 3.05) is 11.9 Å². The number of benzene rings is 2. The van der Waals surface area contributed by atoms with Crippen LogP contribution in [0.4, 0.5) is 10.2 Å². The number of aromatic nitrogens is 4. The number of nitrogens with one attached hydrogen (secondary N) is 2. The van der Waals surface area contributed by atoms with Crippen LogP contribution in [0.1, 0.15) is 48.7 Å². The zero-order chi connectivity index (χ0) is 27.3. The molecule has 1 amide bonds. The molecule has 0 saturated carbocycles. The number of halogens is 3. The summed E-state index contributed by atoms with van der Waals surface area (Å²) in [7, 11) is 0. The van der Waals surface area contributed by atoms with E-state index in [4.69, 9.17) is 27.9 Å². The molecule has 3 N–H and O–H groups in total. The van der Waals surface area contributed by atoms with Gasteiger partial charge in [0.2, 0.25) is 5.82 Å². The number of aromatic amines is 1. The molecule has 0 bridgehead atoms. The van der Waals surface area contributed by atoms with Gasteiger partial charge >= 0.3 is 0 Å². The minimum atomic E-state index is -0.741. The van der Waals surface area contributed by atoms with Crippen molar-refractivity contribution in [2.24, 2.45) is 0 Å². The van der Waals surface area contributed by atoms with Gasteiger partial charge in [0, 0.05) is 28.2 Å². The molecule has 0 aliphatic rings. The number of nitrogens with zero attached hydrogens (tertiary/aromatic N) is 3. The quantitative estimate of drug-likeness (QED) is 0.203. The molecule has 0 fully saturated rings. The van der Waals surface area contributed by atoms with E-state index in [9.17, 15) is 14.3 Å². The Morgan fingerprint density at radius 1 is 1.16 bits per heavy atom. The van der Waals surface area contributed by atoms with Crippen molar-refractivity contribution in [3.05, 3.63) is 87.8 Å². The zero-order valence-corrected chi connectivity index (χ0v) is 22.3. The number of H-pyrrole nitrogens is 1. The van der Waals surface area contributed by atoms with E-state index in [1.165, 1.54) is 12.1 Å². The molecule has 0 radical (unpaired) electrons. The van der Waals surface area contributed by atoms with E-state index in [0.29, 0.717) is 47.2 Å². The summed E-state index contributed by atoms with van der Waals surface area (Å²) < 4.78 is 19.4. The third kappa shape index (κ3) is 7.74. The van der Waals surface area contributed by atoms with Crippen molar-refractivity contribution in [1.29, 1.82) is 0 Å². The van der Waals surface area contributed by atoms with Crippen LogP contribution < -0.4 is 10.1 Å². The summed E-state index contributed by atoms with van der Waals surface area (Å²) in [5.74, 6) is 0.181. The Morgan fingerprint density at radius 2 is 1.97 bits per heavy atom. The highest BCUT2D eigenvalue weighted by molar-refractivity contribution is 6.33. The summed E-state index contributed by atoms with van der Waals surface area (Å²) in [5, 5.41) is 19.9. The second-order valence-electron chi connectivity index (χ2n) is 9.35. The monoisotopic (exact) mass is 557 g/mol. The topological polar surface area (TPSA) is 113 Å². The van der Waals surface area contributed by atoms with Crippen LogP contribution in [0, 0.1) is 5.82 Å². The van der Waals surface area contributed by atoms with Gasteiger partial charge in [-0.25, -0.2) is 14.4 Å². The Bertz CT molecular complexity index is 1420. The Kier molecular flexibility index (Phi) is 8.61. The Hall–Kier alpha value is -3.53. The van der Waals surface area contributed by atoms with E-state index in [1.807, 2.05) is 6.07 Å². The van der Waals surface area contributed by atoms with Gasteiger partial charge < -0.3 is 15.2 Å². The number of carbonyl (C=O) groups is 1. The molecule has 2 aromatic carbocycles. The average Bonchev–Trinajstić information content (AvgIpc) is 3.30. The lowest BCUT2D eigenvalue weighted by Crippen LogP contribution is -2.19. The highest BCUT2D eigenvalue weighted by atomic mass is 35.5. The number of carbonyl (C=O) groups excluding carboxylic acids is 1. The van der Waals surface area contributed by atoms with E-state index >= 15 is 0 Å². The maximum absolute atomic E-state index is 13.6. The first-order valence-corrected chi connectivity index (χ1v) is 12.6. The fourth-order valence-electron chi connectivity index (χ4n) is 3.73. The summed E-state index contributed by atoms with van der Waals surface area (Å²) in [6.45, 7) is 3.98. The molecule has 4 rings (SSSR count). The summed E-state index contributed by atoms with van der Waals surface area (Å²) >= 11 is 12.3. The van der Waals surface area contributed by atoms with Gasteiger partial charge in [0.05, 0.1) is 12.2 Å². The molecule has 4 aromatic rings. The van der Waals surface area contributed by atoms with Gasteiger partial charge in [-0.2, -0.15) is 0 Å². The molecular formula is C27H26Cl2FN5O3. The third-order valence-electron chi connectivity index (χ3n) is 5.48. The van der Waals surface area contributed by atoms with E-state index in [-0.39, 0.29) is 23.1 Å². The number of anilines is 1. The highest BCUT2D eigenvalue weighted by Gasteiger charge is 2.16. The predicted molar refractivity (Wildman–Crippen MR) is 144 cm³/mol. The van der Waals surface area contributed by atoms with Crippen LogP contribution in [-0.4, -0.2) is 43.4 Å². The van der Waals surface area contributed by atoms with Gasteiger partial charge in [0.25, 0.3) is 5.91 Å². The maximum Gasteiger partial charge on any atom is 0.296 e. The highest BCUT2D eigenvalue weighted by Crippen LogP contribution is 2.32. The molecule has 8 nitrogen and oxygen atoms in total. The molecule has 0 unspecified atom stereocenters. The normalized spacial score (nSPS) is 11.4. The molecule has 198 valence electrons. The maximum atomic E-state index is 13.6. The van der Waals surface area contributed by atoms with Crippen LogP contribution in [-0.2, 0) is 6.42 Å². The first-order valence-electron chi connectivity index (χ1n) is 11.8. The van der Waals surface area contributed by atoms with Gasteiger partial charge in [0.1, 0.15) is 23.2 Å². The lowest BCUT2D eigenvalue weighted by atomic mass is 10.0. The number of pyridine rings is 1.